The van der Waals surface area contributed by atoms with E-state index in [2.05, 4.69) is 4.98 Å². The SMILES string of the molecule is FC(F)(F)CN(CCCl)c1ncccc1Cl. The lowest BCUT2D eigenvalue weighted by atomic mass is 10.4. The van der Waals surface area contributed by atoms with Gasteiger partial charge >= 0.3 is 6.18 Å². The molecule has 0 N–H and O–H groups in total. The summed E-state index contributed by atoms with van der Waals surface area (Å²) in [6.07, 6.45) is -2.92. The normalized spacial score (nSPS) is 11.6. The summed E-state index contributed by atoms with van der Waals surface area (Å²) >= 11 is 11.2. The number of rotatable bonds is 4. The number of hydrogen-bond donors (Lipinski definition) is 0. The molecule has 7 heteroatoms. The van der Waals surface area contributed by atoms with Crippen molar-refractivity contribution in [2.75, 3.05) is 23.9 Å². The summed E-state index contributed by atoms with van der Waals surface area (Å²) in [7, 11) is 0. The molecule has 2 nitrogen and oxygen atoms in total. The van der Waals surface area contributed by atoms with Crippen LogP contribution in [-0.4, -0.2) is 30.1 Å². The van der Waals surface area contributed by atoms with Crippen molar-refractivity contribution in [2.45, 2.75) is 6.18 Å². The summed E-state index contributed by atoms with van der Waals surface area (Å²) in [5.74, 6) is 0.172. The highest BCUT2D eigenvalue weighted by atomic mass is 35.5. The lowest BCUT2D eigenvalue weighted by molar-refractivity contribution is -0.119. The van der Waals surface area contributed by atoms with Gasteiger partial charge in [0, 0.05) is 18.6 Å². The maximum Gasteiger partial charge on any atom is 0.405 e. The van der Waals surface area contributed by atoms with Crippen molar-refractivity contribution in [3.05, 3.63) is 23.4 Å². The van der Waals surface area contributed by atoms with E-state index in [1.807, 2.05) is 0 Å². The van der Waals surface area contributed by atoms with E-state index in [-0.39, 0.29) is 23.3 Å². The summed E-state index contributed by atoms with van der Waals surface area (Å²) < 4.78 is 36.9. The standard InChI is InChI=1S/C9H9Cl2F3N2/c10-3-5-16(6-9(12,13)14)8-7(11)2-1-4-15-8/h1-2,4H,3,5-6H2. The van der Waals surface area contributed by atoms with E-state index < -0.39 is 12.7 Å². The Morgan fingerprint density at radius 1 is 1.38 bits per heavy atom. The Labute approximate surface area is 101 Å². The van der Waals surface area contributed by atoms with Crippen LogP contribution in [0.4, 0.5) is 19.0 Å². The molecule has 0 aliphatic carbocycles. The Morgan fingerprint density at radius 3 is 2.56 bits per heavy atom. The van der Waals surface area contributed by atoms with Crippen LogP contribution in [-0.2, 0) is 0 Å². The van der Waals surface area contributed by atoms with E-state index in [0.717, 1.165) is 4.90 Å². The zero-order valence-corrected chi connectivity index (χ0v) is 9.65. The molecule has 0 saturated carbocycles. The van der Waals surface area contributed by atoms with Crippen molar-refractivity contribution >= 4 is 29.0 Å². The van der Waals surface area contributed by atoms with Gasteiger partial charge < -0.3 is 4.90 Å². The van der Waals surface area contributed by atoms with Gasteiger partial charge in [-0.2, -0.15) is 13.2 Å². The van der Waals surface area contributed by atoms with E-state index in [1.54, 1.807) is 6.07 Å². The molecule has 1 aromatic heterocycles. The summed E-state index contributed by atoms with van der Waals surface area (Å²) in [5.41, 5.74) is 0. The fourth-order valence-electron chi connectivity index (χ4n) is 1.19. The van der Waals surface area contributed by atoms with Crippen LogP contribution >= 0.6 is 23.2 Å². The zero-order valence-electron chi connectivity index (χ0n) is 8.14. The Bertz CT molecular complexity index is 344. The molecule has 1 aromatic rings. The first kappa shape index (κ1) is 13.4. The highest BCUT2D eigenvalue weighted by molar-refractivity contribution is 6.32. The number of pyridine rings is 1. The quantitative estimate of drug-likeness (QED) is 0.782. The van der Waals surface area contributed by atoms with Crippen LogP contribution in [0.1, 0.15) is 0 Å². The second-order valence-electron chi connectivity index (χ2n) is 3.03. The van der Waals surface area contributed by atoms with E-state index in [4.69, 9.17) is 23.2 Å². The third kappa shape index (κ3) is 4.06. The average Bonchev–Trinajstić information content (AvgIpc) is 2.16. The third-order valence-corrected chi connectivity index (χ3v) is 2.23. The molecule has 0 amide bonds. The lowest BCUT2D eigenvalue weighted by Crippen LogP contribution is -2.36. The van der Waals surface area contributed by atoms with Crippen LogP contribution < -0.4 is 4.90 Å². The molecular formula is C9H9Cl2F3N2. The van der Waals surface area contributed by atoms with Crippen LogP contribution in [0.5, 0.6) is 0 Å². The molecular weight excluding hydrogens is 264 g/mol. The maximum absolute atomic E-state index is 12.3. The van der Waals surface area contributed by atoms with Crippen molar-refractivity contribution in [2.24, 2.45) is 0 Å². The Morgan fingerprint density at radius 2 is 2.06 bits per heavy atom. The second kappa shape index (κ2) is 5.59. The van der Waals surface area contributed by atoms with Crippen molar-refractivity contribution in [3.8, 4) is 0 Å². The first-order valence-electron chi connectivity index (χ1n) is 4.42. The molecule has 0 unspecified atom stereocenters. The predicted octanol–water partition coefficient (Wildman–Crippen LogP) is 3.34. The van der Waals surface area contributed by atoms with Gasteiger partial charge in [0.15, 0.2) is 0 Å². The highest BCUT2D eigenvalue weighted by Crippen LogP contribution is 2.26. The number of aromatic nitrogens is 1. The number of hydrogen-bond acceptors (Lipinski definition) is 2. The van der Waals surface area contributed by atoms with Crippen LogP contribution in [0.25, 0.3) is 0 Å². The molecule has 16 heavy (non-hydrogen) atoms. The molecule has 0 aromatic carbocycles. The van der Waals surface area contributed by atoms with E-state index in [0.29, 0.717) is 0 Å². The minimum atomic E-state index is -4.31. The fraction of sp³-hybridized carbons (Fsp3) is 0.444. The topological polar surface area (TPSA) is 16.1 Å². The minimum absolute atomic E-state index is 0.0395. The maximum atomic E-state index is 12.3. The first-order chi connectivity index (χ1) is 7.44. The molecule has 0 atom stereocenters. The van der Waals surface area contributed by atoms with Crippen LogP contribution in [0, 0.1) is 0 Å². The molecule has 1 rings (SSSR count). The number of alkyl halides is 4. The monoisotopic (exact) mass is 272 g/mol. The van der Waals surface area contributed by atoms with E-state index in [9.17, 15) is 13.2 Å². The van der Waals surface area contributed by atoms with Crippen LogP contribution in [0.3, 0.4) is 0 Å². The highest BCUT2D eigenvalue weighted by Gasteiger charge is 2.31. The van der Waals surface area contributed by atoms with Gasteiger partial charge in [-0.15, -0.1) is 11.6 Å². The van der Waals surface area contributed by atoms with Crippen molar-refractivity contribution < 1.29 is 13.2 Å². The number of anilines is 1. The van der Waals surface area contributed by atoms with Crippen molar-refractivity contribution in [1.82, 2.24) is 4.98 Å². The minimum Gasteiger partial charge on any atom is -0.345 e. The van der Waals surface area contributed by atoms with Gasteiger partial charge in [-0.3, -0.25) is 0 Å². The van der Waals surface area contributed by atoms with Gasteiger partial charge in [-0.1, -0.05) is 11.6 Å². The zero-order chi connectivity index (χ0) is 12.2. The van der Waals surface area contributed by atoms with Crippen molar-refractivity contribution in [1.29, 1.82) is 0 Å². The molecule has 90 valence electrons. The number of halogens is 5. The molecule has 0 radical (unpaired) electrons. The summed E-state index contributed by atoms with van der Waals surface area (Å²) in [6, 6.07) is 3.04. The smallest absolute Gasteiger partial charge is 0.345 e. The van der Waals surface area contributed by atoms with E-state index >= 15 is 0 Å². The van der Waals surface area contributed by atoms with Crippen molar-refractivity contribution in [3.63, 3.8) is 0 Å². The molecule has 0 fully saturated rings. The summed E-state index contributed by atoms with van der Waals surface area (Å²) in [4.78, 5) is 4.83. The van der Waals surface area contributed by atoms with Gasteiger partial charge in [0.25, 0.3) is 0 Å². The van der Waals surface area contributed by atoms with Gasteiger partial charge in [-0.25, -0.2) is 4.98 Å². The molecule has 1 heterocycles. The largest absolute Gasteiger partial charge is 0.405 e. The lowest BCUT2D eigenvalue weighted by Gasteiger charge is -2.24. The van der Waals surface area contributed by atoms with Gasteiger partial charge in [0.2, 0.25) is 0 Å². The molecule has 0 saturated heterocycles. The second-order valence-corrected chi connectivity index (χ2v) is 3.82. The summed E-state index contributed by atoms with van der Waals surface area (Å²) in [6.45, 7) is -1.08. The Hall–Kier alpha value is -0.680. The molecule has 0 aliphatic heterocycles. The van der Waals surface area contributed by atoms with Gasteiger partial charge in [0.1, 0.15) is 12.4 Å². The Balaban J connectivity index is 2.89. The predicted molar refractivity (Wildman–Crippen MR) is 58.2 cm³/mol. The van der Waals surface area contributed by atoms with Crippen LogP contribution in [0.2, 0.25) is 5.02 Å². The average molecular weight is 273 g/mol. The van der Waals surface area contributed by atoms with Gasteiger partial charge in [-0.05, 0) is 12.1 Å². The number of nitrogens with zero attached hydrogens (tertiary/aromatic N) is 2. The Kier molecular flexibility index (Phi) is 4.68. The molecule has 0 aliphatic rings. The first-order valence-corrected chi connectivity index (χ1v) is 5.33. The molecule has 0 bridgehead atoms. The van der Waals surface area contributed by atoms with Crippen LogP contribution in [0.15, 0.2) is 18.3 Å². The van der Waals surface area contributed by atoms with E-state index in [1.165, 1.54) is 12.3 Å². The molecule has 0 spiro atoms. The fourth-order valence-corrected chi connectivity index (χ4v) is 1.63. The third-order valence-electron chi connectivity index (χ3n) is 1.76. The van der Waals surface area contributed by atoms with Gasteiger partial charge in [0.05, 0.1) is 5.02 Å². The summed E-state index contributed by atoms with van der Waals surface area (Å²) in [5, 5.41) is 0.178.